The van der Waals surface area contributed by atoms with Crippen LogP contribution in [0.25, 0.3) is 0 Å². The molecule has 1 N–H and O–H groups in total. The number of amides is 1. The minimum atomic E-state index is -3.52. The van der Waals surface area contributed by atoms with Crippen LogP contribution in [0.2, 0.25) is 0 Å². The van der Waals surface area contributed by atoms with E-state index in [1.807, 2.05) is 18.4 Å². The van der Waals surface area contributed by atoms with Crippen LogP contribution in [0.15, 0.2) is 58.3 Å². The molecule has 0 unspecified atom stereocenters. The summed E-state index contributed by atoms with van der Waals surface area (Å²) in [5.41, 5.74) is 2.40. The Balaban J connectivity index is 1.26. The van der Waals surface area contributed by atoms with Crippen LogP contribution in [0.3, 0.4) is 0 Å². The maximum atomic E-state index is 13.0. The predicted octanol–water partition coefficient (Wildman–Crippen LogP) is 4.11. The normalized spacial score (nSPS) is 18.6. The molecule has 0 bridgehead atoms. The molecule has 2 fully saturated rings. The number of nitrogens with zero attached hydrogens (tertiary/aromatic N) is 2. The van der Waals surface area contributed by atoms with Gasteiger partial charge in [0.1, 0.15) is 0 Å². The molecule has 2 aliphatic heterocycles. The number of likely N-dealkylation sites (tertiary alicyclic amines) is 1. The molecule has 0 radical (unpaired) electrons. The van der Waals surface area contributed by atoms with Gasteiger partial charge in [-0.3, -0.25) is 9.69 Å². The van der Waals surface area contributed by atoms with Gasteiger partial charge in [0.25, 0.3) is 0 Å². The number of piperidine rings is 2. The molecule has 0 aliphatic carbocycles. The third-order valence-electron chi connectivity index (χ3n) is 6.83. The summed E-state index contributed by atoms with van der Waals surface area (Å²) in [6.45, 7) is 4.55. The average molecular weight is 502 g/mol. The number of hydrogen-bond acceptors (Lipinski definition) is 5. The Hall–Kier alpha value is -1.87. The minimum Gasteiger partial charge on any atom is -0.352 e. The highest BCUT2D eigenvalue weighted by Crippen LogP contribution is 2.25. The molecule has 6 nitrogen and oxygen atoms in total. The molecular weight excluding hydrogens is 466 g/mol. The zero-order chi connectivity index (χ0) is 24.0. The summed E-state index contributed by atoms with van der Waals surface area (Å²) in [5.74, 6) is -0.135. The SMILES string of the molecule is CSc1ccc(S(=O)(=O)N2CCC(C(=O)NCc3cccc(CN4CCCCC4)c3)CC2)cc1. The van der Waals surface area contributed by atoms with Crippen LogP contribution in [-0.4, -0.2) is 56.0 Å². The molecule has 2 aromatic carbocycles. The maximum absolute atomic E-state index is 13.0. The van der Waals surface area contributed by atoms with Crippen molar-refractivity contribution < 1.29 is 13.2 Å². The fraction of sp³-hybridized carbons (Fsp3) is 0.500. The zero-order valence-electron chi connectivity index (χ0n) is 19.9. The number of carbonyl (C=O) groups is 1. The van der Waals surface area contributed by atoms with Crippen molar-refractivity contribution in [2.75, 3.05) is 32.4 Å². The topological polar surface area (TPSA) is 69.7 Å². The molecule has 2 aromatic rings. The number of rotatable bonds is 8. The number of nitrogens with one attached hydrogen (secondary N) is 1. The molecule has 2 saturated heterocycles. The van der Waals surface area contributed by atoms with Gasteiger partial charge in [-0.1, -0.05) is 30.7 Å². The standard InChI is InChI=1S/C26H35N3O3S2/c1-33-24-8-10-25(11-9-24)34(31,32)29-16-12-23(13-17-29)26(30)27-19-21-6-5-7-22(18-21)20-28-14-3-2-4-15-28/h5-11,18,23H,2-4,12-17,19-20H2,1H3,(H,27,30). The van der Waals surface area contributed by atoms with Crippen molar-refractivity contribution in [1.82, 2.24) is 14.5 Å². The smallest absolute Gasteiger partial charge is 0.243 e. The fourth-order valence-electron chi connectivity index (χ4n) is 4.80. The highest BCUT2D eigenvalue weighted by atomic mass is 32.2. The monoisotopic (exact) mass is 501 g/mol. The van der Waals surface area contributed by atoms with E-state index in [0.29, 0.717) is 37.4 Å². The van der Waals surface area contributed by atoms with Gasteiger partial charge < -0.3 is 5.32 Å². The fourth-order valence-corrected chi connectivity index (χ4v) is 6.68. The van der Waals surface area contributed by atoms with Crippen LogP contribution in [0, 0.1) is 5.92 Å². The first-order valence-electron chi connectivity index (χ1n) is 12.2. The van der Waals surface area contributed by atoms with E-state index < -0.39 is 10.0 Å². The largest absolute Gasteiger partial charge is 0.352 e. The Kier molecular flexibility index (Phi) is 8.69. The number of thioether (sulfide) groups is 1. The Bertz CT molecular complexity index is 1060. The molecule has 4 rings (SSSR count). The molecule has 2 aliphatic rings. The number of carbonyl (C=O) groups excluding carboxylic acids is 1. The summed E-state index contributed by atoms with van der Waals surface area (Å²) in [6.07, 6.45) is 6.94. The van der Waals surface area contributed by atoms with E-state index in [0.717, 1.165) is 17.0 Å². The highest BCUT2D eigenvalue weighted by molar-refractivity contribution is 7.98. The Labute approximate surface area is 208 Å². The van der Waals surface area contributed by atoms with Crippen LogP contribution >= 0.6 is 11.8 Å². The Morgan fingerprint density at radius 2 is 1.65 bits per heavy atom. The lowest BCUT2D eigenvalue weighted by molar-refractivity contribution is -0.126. The van der Waals surface area contributed by atoms with E-state index in [-0.39, 0.29) is 11.8 Å². The lowest BCUT2D eigenvalue weighted by atomic mass is 9.97. The molecule has 0 atom stereocenters. The molecule has 34 heavy (non-hydrogen) atoms. The van der Waals surface area contributed by atoms with E-state index in [9.17, 15) is 13.2 Å². The molecule has 184 valence electrons. The summed E-state index contributed by atoms with van der Waals surface area (Å²) in [7, 11) is -3.52. The molecule has 8 heteroatoms. The molecule has 0 aromatic heterocycles. The van der Waals surface area contributed by atoms with Crippen LogP contribution in [-0.2, 0) is 27.9 Å². The summed E-state index contributed by atoms with van der Waals surface area (Å²) in [5, 5.41) is 3.07. The van der Waals surface area contributed by atoms with E-state index in [2.05, 4.69) is 34.5 Å². The first kappa shape index (κ1) is 25.2. The molecular formula is C26H35N3O3S2. The molecule has 1 amide bonds. The zero-order valence-corrected chi connectivity index (χ0v) is 21.5. The van der Waals surface area contributed by atoms with Gasteiger partial charge in [0.15, 0.2) is 0 Å². The van der Waals surface area contributed by atoms with Gasteiger partial charge in [0, 0.05) is 37.0 Å². The summed E-state index contributed by atoms with van der Waals surface area (Å²) >= 11 is 1.58. The van der Waals surface area contributed by atoms with Gasteiger partial charge in [-0.25, -0.2) is 8.42 Å². The van der Waals surface area contributed by atoms with Crippen LogP contribution < -0.4 is 5.32 Å². The number of hydrogen-bond donors (Lipinski definition) is 1. The summed E-state index contributed by atoms with van der Waals surface area (Å²) < 4.78 is 27.4. The van der Waals surface area contributed by atoms with Crippen molar-refractivity contribution in [2.24, 2.45) is 5.92 Å². The third-order valence-corrected chi connectivity index (χ3v) is 9.49. The summed E-state index contributed by atoms with van der Waals surface area (Å²) in [6, 6.07) is 15.5. The first-order valence-corrected chi connectivity index (χ1v) is 14.8. The Morgan fingerprint density at radius 1 is 0.971 bits per heavy atom. The predicted molar refractivity (Wildman–Crippen MR) is 137 cm³/mol. The van der Waals surface area contributed by atoms with Crippen molar-refractivity contribution >= 4 is 27.7 Å². The van der Waals surface area contributed by atoms with E-state index >= 15 is 0 Å². The van der Waals surface area contributed by atoms with Crippen LogP contribution in [0.1, 0.15) is 43.2 Å². The van der Waals surface area contributed by atoms with E-state index in [4.69, 9.17) is 0 Å². The van der Waals surface area contributed by atoms with Gasteiger partial charge in [-0.05, 0) is 80.4 Å². The van der Waals surface area contributed by atoms with Gasteiger partial charge in [-0.15, -0.1) is 11.8 Å². The summed E-state index contributed by atoms with van der Waals surface area (Å²) in [4.78, 5) is 16.6. The second kappa shape index (κ2) is 11.7. The number of sulfonamides is 1. The van der Waals surface area contributed by atoms with Gasteiger partial charge in [-0.2, -0.15) is 4.31 Å². The van der Waals surface area contributed by atoms with Crippen molar-refractivity contribution in [1.29, 1.82) is 0 Å². The van der Waals surface area contributed by atoms with Crippen LogP contribution in [0.5, 0.6) is 0 Å². The van der Waals surface area contributed by atoms with E-state index in [1.54, 1.807) is 23.9 Å². The third kappa shape index (κ3) is 6.42. The van der Waals surface area contributed by atoms with Crippen molar-refractivity contribution in [3.05, 3.63) is 59.7 Å². The quantitative estimate of drug-likeness (QED) is 0.552. The van der Waals surface area contributed by atoms with Crippen molar-refractivity contribution in [2.45, 2.75) is 55.0 Å². The second-order valence-electron chi connectivity index (χ2n) is 9.23. The van der Waals surface area contributed by atoms with Crippen molar-refractivity contribution in [3.8, 4) is 0 Å². The minimum absolute atomic E-state index is 0.0165. The maximum Gasteiger partial charge on any atom is 0.243 e. The Morgan fingerprint density at radius 3 is 2.32 bits per heavy atom. The highest BCUT2D eigenvalue weighted by Gasteiger charge is 2.32. The van der Waals surface area contributed by atoms with Crippen LogP contribution in [0.4, 0.5) is 0 Å². The number of benzene rings is 2. The average Bonchev–Trinajstić information content (AvgIpc) is 2.88. The molecule has 2 heterocycles. The molecule has 0 saturated carbocycles. The van der Waals surface area contributed by atoms with Gasteiger partial charge >= 0.3 is 0 Å². The van der Waals surface area contributed by atoms with Gasteiger partial charge in [0.2, 0.25) is 15.9 Å². The lowest BCUT2D eigenvalue weighted by Gasteiger charge is -2.30. The second-order valence-corrected chi connectivity index (χ2v) is 12.0. The van der Waals surface area contributed by atoms with Crippen molar-refractivity contribution in [3.63, 3.8) is 0 Å². The first-order chi connectivity index (χ1) is 16.5. The van der Waals surface area contributed by atoms with E-state index in [1.165, 1.54) is 42.2 Å². The lowest BCUT2D eigenvalue weighted by Crippen LogP contribution is -2.42. The molecule has 0 spiro atoms. The van der Waals surface area contributed by atoms with Gasteiger partial charge in [0.05, 0.1) is 4.90 Å².